The van der Waals surface area contributed by atoms with Crippen LogP contribution in [-0.2, 0) is 9.59 Å². The van der Waals surface area contributed by atoms with Crippen molar-refractivity contribution in [2.45, 2.75) is 52.6 Å². The normalized spacial score (nSPS) is 12.4. The van der Waals surface area contributed by atoms with Gasteiger partial charge in [0.2, 0.25) is 11.8 Å². The highest BCUT2D eigenvalue weighted by Crippen LogP contribution is 2.17. The van der Waals surface area contributed by atoms with Gasteiger partial charge in [-0.1, -0.05) is 82.3 Å². The molecular weight excluding hydrogens is 604 g/mol. The average molecular weight is 647 g/mol. The van der Waals surface area contributed by atoms with Gasteiger partial charge in [0, 0.05) is 23.5 Å². The van der Waals surface area contributed by atoms with Crippen LogP contribution in [0.3, 0.4) is 0 Å². The maximum Gasteiger partial charge on any atom is 0.251 e. The molecule has 0 bridgehead atoms. The summed E-state index contributed by atoms with van der Waals surface area (Å²) in [7, 11) is 0. The van der Waals surface area contributed by atoms with Crippen LogP contribution in [0.1, 0.15) is 72.4 Å². The molecule has 0 unspecified atom stereocenters. The Morgan fingerprint density at radius 2 is 1.02 bits per heavy atom. The molecule has 2 aromatic carbocycles. The highest BCUT2D eigenvalue weighted by molar-refractivity contribution is 6.05. The van der Waals surface area contributed by atoms with Gasteiger partial charge >= 0.3 is 0 Å². The van der Waals surface area contributed by atoms with Crippen LogP contribution in [0.4, 0.5) is 11.6 Å². The van der Waals surface area contributed by atoms with E-state index in [4.69, 9.17) is 0 Å². The van der Waals surface area contributed by atoms with Crippen molar-refractivity contribution in [1.29, 1.82) is 0 Å². The van der Waals surface area contributed by atoms with E-state index in [1.54, 1.807) is 60.9 Å². The Labute approximate surface area is 281 Å². The van der Waals surface area contributed by atoms with E-state index in [9.17, 15) is 19.2 Å². The van der Waals surface area contributed by atoms with Gasteiger partial charge in [0.25, 0.3) is 11.8 Å². The number of pyridine rings is 2. The SMILES string of the molecule is CC(C)C[C@H](NC(=O)c1cc(/C=C/c2ccccc2)cc(C(=O)N[C@@H](CC(C)C)C(=O)Nc2ccccn2)c1)C(=O)Nc1ccccn1. The van der Waals surface area contributed by atoms with Crippen molar-refractivity contribution in [1.82, 2.24) is 20.6 Å². The van der Waals surface area contributed by atoms with Gasteiger partial charge in [0.15, 0.2) is 0 Å². The number of benzene rings is 2. The second-order valence-corrected chi connectivity index (χ2v) is 12.3. The molecule has 248 valence electrons. The second-order valence-electron chi connectivity index (χ2n) is 12.3. The smallest absolute Gasteiger partial charge is 0.251 e. The molecule has 0 spiro atoms. The van der Waals surface area contributed by atoms with Crippen LogP contribution in [0, 0.1) is 11.8 Å². The lowest BCUT2D eigenvalue weighted by atomic mass is 9.99. The fraction of sp³-hybridized carbons (Fsp3) is 0.263. The van der Waals surface area contributed by atoms with Crippen molar-refractivity contribution in [3.63, 3.8) is 0 Å². The van der Waals surface area contributed by atoms with Crippen molar-refractivity contribution >= 4 is 47.4 Å². The zero-order valence-corrected chi connectivity index (χ0v) is 27.6. The van der Waals surface area contributed by atoms with Crippen LogP contribution in [0.15, 0.2) is 97.3 Å². The fourth-order valence-corrected chi connectivity index (χ4v) is 4.96. The number of hydrogen-bond acceptors (Lipinski definition) is 6. The van der Waals surface area contributed by atoms with Gasteiger partial charge in [-0.25, -0.2) is 9.97 Å². The molecule has 2 atom stereocenters. The maximum absolute atomic E-state index is 13.7. The van der Waals surface area contributed by atoms with Crippen LogP contribution in [-0.4, -0.2) is 45.7 Å². The Bertz CT molecular complexity index is 1610. The Morgan fingerprint density at radius 3 is 1.44 bits per heavy atom. The molecule has 10 heteroatoms. The summed E-state index contributed by atoms with van der Waals surface area (Å²) in [5.41, 5.74) is 1.90. The monoisotopic (exact) mass is 646 g/mol. The van der Waals surface area contributed by atoms with Gasteiger partial charge < -0.3 is 21.3 Å². The van der Waals surface area contributed by atoms with E-state index in [1.165, 1.54) is 6.07 Å². The summed E-state index contributed by atoms with van der Waals surface area (Å²) in [5, 5.41) is 11.2. The standard InChI is InChI=1S/C38H42N6O4/c1-25(2)20-31(37(47)43-33-14-8-10-18-39-33)41-35(45)29-22-28(17-16-27-12-6-5-7-13-27)23-30(24-29)36(46)42-32(21-26(3)4)38(48)44-34-15-9-11-19-40-34/h5-19,22-26,31-32H,20-21H2,1-4H3,(H,41,45)(H,42,46)(H,39,43,47)(H,40,44,48)/b17-16+/t31-,32-/m0/s1. The predicted molar refractivity (Wildman–Crippen MR) is 189 cm³/mol. The van der Waals surface area contributed by atoms with E-state index < -0.39 is 35.7 Å². The van der Waals surface area contributed by atoms with Crippen LogP contribution in [0.25, 0.3) is 12.2 Å². The first-order valence-electron chi connectivity index (χ1n) is 16.0. The van der Waals surface area contributed by atoms with Crippen molar-refractivity contribution in [3.05, 3.63) is 120 Å². The molecule has 0 aliphatic rings. The lowest BCUT2D eigenvalue weighted by Crippen LogP contribution is -2.45. The summed E-state index contributed by atoms with van der Waals surface area (Å²) in [5.74, 6) is -0.891. The summed E-state index contributed by atoms with van der Waals surface area (Å²) in [6.45, 7) is 7.84. The fourth-order valence-electron chi connectivity index (χ4n) is 4.96. The van der Waals surface area contributed by atoms with Crippen molar-refractivity contribution < 1.29 is 19.2 Å². The summed E-state index contributed by atoms with van der Waals surface area (Å²) < 4.78 is 0. The molecule has 0 radical (unpaired) electrons. The lowest BCUT2D eigenvalue weighted by Gasteiger charge is -2.21. The van der Waals surface area contributed by atoms with Crippen LogP contribution < -0.4 is 21.3 Å². The minimum Gasteiger partial charge on any atom is -0.340 e. The Hall–Kier alpha value is -5.64. The molecule has 0 saturated heterocycles. The van der Waals surface area contributed by atoms with E-state index in [2.05, 4.69) is 31.2 Å². The quantitative estimate of drug-likeness (QED) is 0.120. The third-order valence-corrected chi connectivity index (χ3v) is 7.24. The first kappa shape index (κ1) is 35.2. The first-order valence-corrected chi connectivity index (χ1v) is 16.0. The molecule has 0 aliphatic heterocycles. The number of carbonyl (C=O) groups excluding carboxylic acids is 4. The number of nitrogens with zero attached hydrogens (tertiary/aromatic N) is 2. The van der Waals surface area contributed by atoms with Gasteiger partial charge in [-0.2, -0.15) is 0 Å². The van der Waals surface area contributed by atoms with E-state index in [0.717, 1.165) is 5.56 Å². The molecule has 0 saturated carbocycles. The van der Waals surface area contributed by atoms with Gasteiger partial charge in [-0.05, 0) is 78.3 Å². The van der Waals surface area contributed by atoms with Crippen molar-refractivity contribution in [2.24, 2.45) is 11.8 Å². The van der Waals surface area contributed by atoms with E-state index in [-0.39, 0.29) is 23.0 Å². The summed E-state index contributed by atoms with van der Waals surface area (Å²) in [6, 6.07) is 23.0. The largest absolute Gasteiger partial charge is 0.340 e. The first-order chi connectivity index (χ1) is 23.1. The summed E-state index contributed by atoms with van der Waals surface area (Å²) >= 11 is 0. The molecular formula is C38H42N6O4. The third kappa shape index (κ3) is 11.0. The Kier molecular flexibility index (Phi) is 12.7. The molecule has 4 rings (SSSR count). The molecule has 10 nitrogen and oxygen atoms in total. The molecule has 4 amide bonds. The number of anilines is 2. The van der Waals surface area contributed by atoms with Crippen molar-refractivity contribution in [3.8, 4) is 0 Å². The van der Waals surface area contributed by atoms with E-state index in [1.807, 2.05) is 70.2 Å². The number of rotatable bonds is 14. The number of amides is 4. The molecule has 4 N–H and O–H groups in total. The predicted octanol–water partition coefficient (Wildman–Crippen LogP) is 6.21. The molecule has 4 aromatic rings. The number of nitrogens with one attached hydrogen (secondary N) is 4. The van der Waals surface area contributed by atoms with E-state index in [0.29, 0.717) is 30.0 Å². The molecule has 0 aliphatic carbocycles. The zero-order valence-electron chi connectivity index (χ0n) is 27.6. The van der Waals surface area contributed by atoms with Gasteiger partial charge in [-0.3, -0.25) is 19.2 Å². The second kappa shape index (κ2) is 17.3. The van der Waals surface area contributed by atoms with E-state index >= 15 is 0 Å². The maximum atomic E-state index is 13.7. The highest BCUT2D eigenvalue weighted by atomic mass is 16.2. The average Bonchev–Trinajstić information content (AvgIpc) is 3.07. The molecule has 2 heterocycles. The Morgan fingerprint density at radius 1 is 0.583 bits per heavy atom. The number of aromatic nitrogens is 2. The lowest BCUT2D eigenvalue weighted by molar-refractivity contribution is -0.119. The molecule has 48 heavy (non-hydrogen) atoms. The van der Waals surface area contributed by atoms with Gasteiger partial charge in [0.1, 0.15) is 23.7 Å². The minimum atomic E-state index is -0.856. The highest BCUT2D eigenvalue weighted by Gasteiger charge is 2.26. The number of carbonyl (C=O) groups is 4. The Balaban J connectivity index is 1.62. The zero-order chi connectivity index (χ0) is 34.5. The van der Waals surface area contributed by atoms with Crippen LogP contribution >= 0.6 is 0 Å². The number of hydrogen-bond donors (Lipinski definition) is 4. The summed E-state index contributed by atoms with van der Waals surface area (Å²) in [4.78, 5) is 62.3. The van der Waals surface area contributed by atoms with Gasteiger partial charge in [-0.15, -0.1) is 0 Å². The van der Waals surface area contributed by atoms with Gasteiger partial charge in [0.05, 0.1) is 0 Å². The van der Waals surface area contributed by atoms with Crippen LogP contribution in [0.5, 0.6) is 0 Å². The minimum absolute atomic E-state index is 0.0985. The topological polar surface area (TPSA) is 142 Å². The summed E-state index contributed by atoms with van der Waals surface area (Å²) in [6.07, 6.45) is 7.59. The third-order valence-electron chi connectivity index (χ3n) is 7.24. The van der Waals surface area contributed by atoms with Crippen LogP contribution in [0.2, 0.25) is 0 Å². The molecule has 2 aromatic heterocycles. The van der Waals surface area contributed by atoms with Crippen molar-refractivity contribution in [2.75, 3.05) is 10.6 Å². The molecule has 0 fully saturated rings.